The van der Waals surface area contributed by atoms with Crippen LogP contribution in [-0.2, 0) is 4.79 Å². The molecule has 2 heterocycles. The molecular weight excluding hydrogens is 406 g/mol. The topological polar surface area (TPSA) is 68.8 Å². The van der Waals surface area contributed by atoms with E-state index >= 15 is 0 Å². The number of para-hydroxylation sites is 1. The van der Waals surface area contributed by atoms with Gasteiger partial charge in [0.1, 0.15) is 0 Å². The van der Waals surface area contributed by atoms with Crippen LogP contribution in [0.15, 0.2) is 29.3 Å². The van der Waals surface area contributed by atoms with Crippen molar-refractivity contribution in [1.29, 1.82) is 0 Å². The van der Waals surface area contributed by atoms with Crippen LogP contribution in [0.4, 0.5) is 5.69 Å². The van der Waals surface area contributed by atoms with E-state index in [1.54, 1.807) is 0 Å². The van der Waals surface area contributed by atoms with Crippen molar-refractivity contribution in [3.8, 4) is 0 Å². The smallest absolute Gasteiger partial charge is 0.225 e. The lowest BCUT2D eigenvalue weighted by molar-refractivity contribution is -0.116. The number of benzene rings is 1. The number of nitrogens with one attached hydrogen (secondary N) is 3. The fourth-order valence-electron chi connectivity index (χ4n) is 5.29. The van der Waals surface area contributed by atoms with Crippen LogP contribution in [-0.4, -0.2) is 66.5 Å². The monoisotopic (exact) mass is 443 g/mol. The van der Waals surface area contributed by atoms with Crippen LogP contribution in [0, 0.1) is 0 Å². The molecule has 1 saturated carbocycles. The molecular formula is C24H37N5OS. The molecule has 0 radical (unpaired) electrons. The number of rotatable bonds is 6. The molecule has 0 spiro atoms. The van der Waals surface area contributed by atoms with Gasteiger partial charge in [0.2, 0.25) is 5.91 Å². The summed E-state index contributed by atoms with van der Waals surface area (Å²) in [6.07, 6.45) is 7.02. The predicted molar refractivity (Wildman–Crippen MR) is 131 cm³/mol. The summed E-state index contributed by atoms with van der Waals surface area (Å²) in [7, 11) is 0. The average Bonchev–Trinajstić information content (AvgIpc) is 2.82. The highest BCUT2D eigenvalue weighted by atomic mass is 32.2. The quantitative estimate of drug-likeness (QED) is 0.464. The normalized spacial score (nSPS) is 24.2. The maximum atomic E-state index is 12.2. The molecule has 2 fully saturated rings. The standard InChI is InChI=1S/C24H37N5OS/c1-2-25-23(26-17-19-16-22(30)28-21-9-5-4-8-20(19)21)27-18-24(10-6-3-7-11-24)29-12-14-31-15-13-29/h4-5,8-9,19H,2-3,6-7,10-18H2,1H3,(H,28,30)(H2,25,26,27). The second kappa shape index (κ2) is 10.7. The van der Waals surface area contributed by atoms with Crippen LogP contribution in [0.2, 0.25) is 0 Å². The molecule has 3 N–H and O–H groups in total. The average molecular weight is 444 g/mol. The molecule has 1 aromatic carbocycles. The van der Waals surface area contributed by atoms with E-state index in [0.29, 0.717) is 13.0 Å². The predicted octanol–water partition coefficient (Wildman–Crippen LogP) is 3.42. The van der Waals surface area contributed by atoms with Gasteiger partial charge in [0.15, 0.2) is 5.96 Å². The first-order valence-electron chi connectivity index (χ1n) is 11.9. The largest absolute Gasteiger partial charge is 0.357 e. The molecule has 6 nitrogen and oxygen atoms in total. The number of guanidine groups is 1. The van der Waals surface area contributed by atoms with Crippen molar-refractivity contribution in [2.75, 3.05) is 49.5 Å². The van der Waals surface area contributed by atoms with Crippen molar-refractivity contribution in [1.82, 2.24) is 15.5 Å². The molecule has 31 heavy (non-hydrogen) atoms. The molecule has 1 atom stereocenters. The summed E-state index contributed by atoms with van der Waals surface area (Å²) >= 11 is 2.08. The number of hydrogen-bond donors (Lipinski definition) is 3. The van der Waals surface area contributed by atoms with Crippen LogP contribution in [0.5, 0.6) is 0 Å². The molecule has 4 rings (SSSR count). The van der Waals surface area contributed by atoms with E-state index in [1.807, 2.05) is 18.2 Å². The second-order valence-electron chi connectivity index (χ2n) is 9.00. The Bertz CT molecular complexity index is 771. The molecule has 2 aliphatic heterocycles. The van der Waals surface area contributed by atoms with E-state index in [4.69, 9.17) is 4.99 Å². The highest BCUT2D eigenvalue weighted by molar-refractivity contribution is 7.99. The van der Waals surface area contributed by atoms with Gasteiger partial charge in [-0.05, 0) is 31.4 Å². The summed E-state index contributed by atoms with van der Waals surface area (Å²) in [6, 6.07) is 8.13. The van der Waals surface area contributed by atoms with Crippen LogP contribution < -0.4 is 16.0 Å². The molecule has 3 aliphatic rings. The van der Waals surface area contributed by atoms with Crippen LogP contribution in [0.1, 0.15) is 56.9 Å². The Morgan fingerprint density at radius 2 is 1.97 bits per heavy atom. The number of carbonyl (C=O) groups excluding carboxylic acids is 1. The molecule has 170 valence electrons. The Labute approximate surface area is 191 Å². The molecule has 7 heteroatoms. The third-order valence-electron chi connectivity index (χ3n) is 6.96. The zero-order chi connectivity index (χ0) is 21.5. The van der Waals surface area contributed by atoms with Crippen molar-refractivity contribution < 1.29 is 4.79 Å². The van der Waals surface area contributed by atoms with E-state index in [1.165, 1.54) is 62.3 Å². The van der Waals surface area contributed by atoms with Crippen molar-refractivity contribution in [2.24, 2.45) is 4.99 Å². The molecule has 1 aromatic rings. The van der Waals surface area contributed by atoms with Crippen molar-refractivity contribution in [2.45, 2.75) is 56.9 Å². The van der Waals surface area contributed by atoms with Gasteiger partial charge >= 0.3 is 0 Å². The van der Waals surface area contributed by atoms with Gasteiger partial charge in [0.25, 0.3) is 0 Å². The molecule has 1 saturated heterocycles. The fourth-order valence-corrected chi connectivity index (χ4v) is 6.20. The SMILES string of the molecule is CCNC(=NCC1(N2CCSCC2)CCCCC1)NCC1CC(=O)Nc2ccccc21. The summed E-state index contributed by atoms with van der Waals surface area (Å²) in [6.45, 7) is 6.90. The number of nitrogens with zero attached hydrogens (tertiary/aromatic N) is 2. The van der Waals surface area contributed by atoms with Gasteiger partial charge in [-0.15, -0.1) is 0 Å². The zero-order valence-electron chi connectivity index (χ0n) is 18.8. The van der Waals surface area contributed by atoms with Gasteiger partial charge in [-0.3, -0.25) is 14.7 Å². The number of fused-ring (bicyclic) bond motifs is 1. The second-order valence-corrected chi connectivity index (χ2v) is 10.2. The summed E-state index contributed by atoms with van der Waals surface area (Å²) in [5, 5.41) is 9.97. The minimum Gasteiger partial charge on any atom is -0.357 e. The first-order chi connectivity index (χ1) is 15.2. The van der Waals surface area contributed by atoms with Crippen LogP contribution in [0.25, 0.3) is 0 Å². The van der Waals surface area contributed by atoms with E-state index in [2.05, 4.69) is 45.6 Å². The van der Waals surface area contributed by atoms with Crippen LogP contribution >= 0.6 is 11.8 Å². The Morgan fingerprint density at radius 1 is 1.19 bits per heavy atom. The first kappa shape index (κ1) is 22.5. The molecule has 1 amide bonds. The summed E-state index contributed by atoms with van der Waals surface area (Å²) in [5.41, 5.74) is 2.37. The van der Waals surface area contributed by atoms with E-state index in [-0.39, 0.29) is 17.4 Å². The number of aliphatic imine (C=N–C) groups is 1. The molecule has 0 aromatic heterocycles. The first-order valence-corrected chi connectivity index (χ1v) is 13.1. The lowest BCUT2D eigenvalue weighted by Crippen LogP contribution is -2.55. The van der Waals surface area contributed by atoms with Crippen molar-refractivity contribution >= 4 is 29.3 Å². The van der Waals surface area contributed by atoms with E-state index < -0.39 is 0 Å². The van der Waals surface area contributed by atoms with Gasteiger partial charge in [0, 0.05) is 61.2 Å². The number of anilines is 1. The van der Waals surface area contributed by atoms with Gasteiger partial charge in [-0.1, -0.05) is 37.5 Å². The summed E-state index contributed by atoms with van der Waals surface area (Å²) < 4.78 is 0. The Balaban J connectivity index is 1.44. The molecule has 0 bridgehead atoms. The van der Waals surface area contributed by atoms with Gasteiger partial charge in [0.05, 0.1) is 6.54 Å². The van der Waals surface area contributed by atoms with Gasteiger partial charge in [-0.2, -0.15) is 11.8 Å². The highest BCUT2D eigenvalue weighted by Gasteiger charge is 2.38. The third-order valence-corrected chi connectivity index (χ3v) is 7.91. The Morgan fingerprint density at radius 3 is 2.74 bits per heavy atom. The number of amides is 1. The number of thioether (sulfide) groups is 1. The molecule has 1 unspecified atom stereocenters. The van der Waals surface area contributed by atoms with Gasteiger partial charge < -0.3 is 16.0 Å². The number of carbonyl (C=O) groups is 1. The van der Waals surface area contributed by atoms with Gasteiger partial charge in [-0.25, -0.2) is 0 Å². The Kier molecular flexibility index (Phi) is 7.77. The lowest BCUT2D eigenvalue weighted by Gasteiger charge is -2.47. The fraction of sp³-hybridized carbons (Fsp3) is 0.667. The zero-order valence-corrected chi connectivity index (χ0v) is 19.6. The van der Waals surface area contributed by atoms with Crippen LogP contribution in [0.3, 0.4) is 0 Å². The lowest BCUT2D eigenvalue weighted by atomic mass is 9.80. The molecule has 1 aliphatic carbocycles. The maximum Gasteiger partial charge on any atom is 0.225 e. The van der Waals surface area contributed by atoms with E-state index in [9.17, 15) is 4.79 Å². The maximum absolute atomic E-state index is 12.2. The number of hydrogen-bond acceptors (Lipinski definition) is 4. The van der Waals surface area contributed by atoms with Crippen molar-refractivity contribution in [3.05, 3.63) is 29.8 Å². The minimum absolute atomic E-state index is 0.0940. The Hall–Kier alpha value is -1.73. The minimum atomic E-state index is 0.0940. The van der Waals surface area contributed by atoms with E-state index in [0.717, 1.165) is 24.7 Å². The highest BCUT2D eigenvalue weighted by Crippen LogP contribution is 2.36. The van der Waals surface area contributed by atoms with Crippen molar-refractivity contribution in [3.63, 3.8) is 0 Å². The third kappa shape index (κ3) is 5.55. The summed E-state index contributed by atoms with van der Waals surface area (Å²) in [4.78, 5) is 20.0. The summed E-state index contributed by atoms with van der Waals surface area (Å²) in [5.74, 6) is 3.62.